The number of aliphatic hydroxyl groups is 1. The van der Waals surface area contributed by atoms with Crippen molar-refractivity contribution in [3.05, 3.63) is 0 Å². The van der Waals surface area contributed by atoms with Gasteiger partial charge in [0.15, 0.2) is 12.2 Å². The lowest BCUT2D eigenvalue weighted by Gasteiger charge is -2.21. The van der Waals surface area contributed by atoms with Gasteiger partial charge in [-0.05, 0) is 37.5 Å². The molecule has 0 heterocycles. The van der Waals surface area contributed by atoms with Gasteiger partial charge in [-0.25, -0.2) is 9.13 Å². The Hall–Kier alpha value is -1.94. The quantitative estimate of drug-likeness (QED) is 0.0222. The molecule has 17 nitrogen and oxygen atoms in total. The van der Waals surface area contributed by atoms with Crippen molar-refractivity contribution in [3.63, 3.8) is 0 Å². The van der Waals surface area contributed by atoms with Gasteiger partial charge in [-0.3, -0.25) is 37.3 Å². The number of carbonyl (C=O) groups is 4. The van der Waals surface area contributed by atoms with Crippen molar-refractivity contribution in [1.82, 2.24) is 0 Å². The molecule has 0 rings (SSSR count). The average Bonchev–Trinajstić information content (AvgIpc) is 1.80. The van der Waals surface area contributed by atoms with E-state index in [1.165, 1.54) is 238 Å². The van der Waals surface area contributed by atoms with Crippen molar-refractivity contribution in [2.75, 3.05) is 39.6 Å². The van der Waals surface area contributed by atoms with Gasteiger partial charge in [0.2, 0.25) is 0 Å². The number of rotatable bonds is 79. The summed E-state index contributed by atoms with van der Waals surface area (Å²) in [6, 6.07) is 0. The summed E-state index contributed by atoms with van der Waals surface area (Å²) in [5.74, 6) is -0.577. The van der Waals surface area contributed by atoms with E-state index in [1.54, 1.807) is 0 Å². The van der Waals surface area contributed by atoms with Gasteiger partial charge in [0.1, 0.15) is 19.3 Å². The minimum absolute atomic E-state index is 0.102. The molecule has 0 amide bonds. The molecule has 0 aromatic heterocycles. The van der Waals surface area contributed by atoms with Gasteiger partial charge in [-0.15, -0.1) is 0 Å². The minimum atomic E-state index is -4.96. The molecule has 0 radical (unpaired) electrons. The molecule has 19 heteroatoms. The fourth-order valence-corrected chi connectivity index (χ4v) is 13.9. The Morgan fingerprint density at radius 1 is 0.293 bits per heavy atom. The molecule has 6 atom stereocenters. The number of ether oxygens (including phenoxy) is 4. The highest BCUT2D eigenvalue weighted by molar-refractivity contribution is 7.47. The van der Waals surface area contributed by atoms with Crippen LogP contribution < -0.4 is 0 Å². The molecule has 0 saturated carbocycles. The number of unbranched alkanes of at least 4 members (excludes halogenated alkanes) is 48. The van der Waals surface area contributed by atoms with Crippen LogP contribution >= 0.6 is 15.6 Å². The summed E-state index contributed by atoms with van der Waals surface area (Å²) in [4.78, 5) is 72.8. The zero-order valence-corrected chi connectivity index (χ0v) is 66.6. The number of phosphoric acid groups is 2. The molecule has 0 bridgehead atoms. The van der Waals surface area contributed by atoms with Crippen molar-refractivity contribution >= 4 is 39.5 Å². The van der Waals surface area contributed by atoms with E-state index in [-0.39, 0.29) is 25.7 Å². The lowest BCUT2D eigenvalue weighted by molar-refractivity contribution is -0.161. The molecule has 3 N–H and O–H groups in total. The third kappa shape index (κ3) is 72.8. The van der Waals surface area contributed by atoms with Crippen LogP contribution in [0.5, 0.6) is 0 Å². The van der Waals surface area contributed by atoms with E-state index in [0.717, 1.165) is 95.8 Å². The standard InChI is InChI=1S/C80H156O17P2/c1-7-10-12-14-16-18-19-20-21-22-23-27-30-33-36-40-44-51-57-63-78(83)91-68-75(96-79(84)64-58-52-45-41-37-34-31-28-25-24-26-29-32-35-39-42-49-55-61-73(6)9-3)70-94-98(86,87)92-66-74(81)67-93-99(88,89)95-71-76(97-80(85)65-59-53-47-46-48-54-60-72(4)5)69-90-77(82)62-56-50-43-38-17-15-13-11-8-2/h72-76,81H,7-71H2,1-6H3,(H,86,87)(H,88,89)/t73?,74-,75-,76-/m1/s1. The Kier molecular flexibility index (Phi) is 70.3. The summed E-state index contributed by atoms with van der Waals surface area (Å²) < 4.78 is 68.5. The van der Waals surface area contributed by atoms with E-state index < -0.39 is 97.5 Å². The molecule has 0 spiro atoms. The topological polar surface area (TPSA) is 237 Å². The second kappa shape index (κ2) is 71.7. The van der Waals surface area contributed by atoms with Crippen molar-refractivity contribution in [3.8, 4) is 0 Å². The fourth-order valence-electron chi connectivity index (χ4n) is 12.3. The van der Waals surface area contributed by atoms with Crippen molar-refractivity contribution in [1.29, 1.82) is 0 Å². The van der Waals surface area contributed by atoms with Crippen LogP contribution in [0, 0.1) is 11.8 Å². The second-order valence-electron chi connectivity index (χ2n) is 29.5. The number of hydrogen-bond donors (Lipinski definition) is 3. The summed E-state index contributed by atoms with van der Waals surface area (Å²) in [6.07, 6.45) is 61.4. The molecular formula is C80H156O17P2. The number of esters is 4. The Morgan fingerprint density at radius 2 is 0.515 bits per heavy atom. The summed E-state index contributed by atoms with van der Waals surface area (Å²) in [6.45, 7) is 9.57. The monoisotopic (exact) mass is 1450 g/mol. The minimum Gasteiger partial charge on any atom is -0.462 e. The van der Waals surface area contributed by atoms with Crippen LogP contribution in [0.25, 0.3) is 0 Å². The summed E-state index contributed by atoms with van der Waals surface area (Å²) in [7, 11) is -9.91. The zero-order valence-electron chi connectivity index (χ0n) is 64.8. The van der Waals surface area contributed by atoms with Crippen LogP contribution in [0.15, 0.2) is 0 Å². The predicted octanol–water partition coefficient (Wildman–Crippen LogP) is 23.9. The first-order valence-electron chi connectivity index (χ1n) is 41.5. The molecular weight excluding hydrogens is 1290 g/mol. The predicted molar refractivity (Wildman–Crippen MR) is 405 cm³/mol. The lowest BCUT2D eigenvalue weighted by atomic mass is 9.99. The number of phosphoric ester groups is 2. The van der Waals surface area contributed by atoms with Crippen molar-refractivity contribution in [2.45, 2.75) is 439 Å². The third-order valence-corrected chi connectivity index (χ3v) is 21.0. The first kappa shape index (κ1) is 97.1. The number of carbonyl (C=O) groups excluding carboxylic acids is 4. The average molecular weight is 1450 g/mol. The molecule has 588 valence electrons. The van der Waals surface area contributed by atoms with Gasteiger partial charge in [-0.2, -0.15) is 0 Å². The van der Waals surface area contributed by atoms with E-state index in [4.69, 9.17) is 37.0 Å². The Labute approximate surface area is 607 Å². The van der Waals surface area contributed by atoms with Crippen LogP contribution in [-0.2, 0) is 65.4 Å². The SMILES string of the molecule is CCCCCCCCCCCCCCCCCCCCCC(=O)OC[C@H](COP(=O)(O)OC[C@@H](O)COP(=O)(O)OC[C@@H](COC(=O)CCCCCCCCCCC)OC(=O)CCCCCCCCC(C)C)OC(=O)CCCCCCCCCCCCCCCCCCCCC(C)CC. The van der Waals surface area contributed by atoms with Crippen LogP contribution in [-0.4, -0.2) is 96.7 Å². The molecule has 3 unspecified atom stereocenters. The van der Waals surface area contributed by atoms with Crippen molar-refractivity contribution < 1.29 is 80.2 Å². The molecule has 0 aliphatic rings. The van der Waals surface area contributed by atoms with Crippen LogP contribution in [0.1, 0.15) is 420 Å². The van der Waals surface area contributed by atoms with Crippen molar-refractivity contribution in [2.24, 2.45) is 11.8 Å². The Morgan fingerprint density at radius 3 is 0.768 bits per heavy atom. The molecule has 0 aliphatic carbocycles. The number of aliphatic hydroxyl groups excluding tert-OH is 1. The maximum Gasteiger partial charge on any atom is 0.472 e. The van der Waals surface area contributed by atoms with E-state index in [0.29, 0.717) is 31.6 Å². The van der Waals surface area contributed by atoms with Gasteiger partial charge in [-0.1, -0.05) is 369 Å². The highest BCUT2D eigenvalue weighted by atomic mass is 31.2. The molecule has 0 aliphatic heterocycles. The van der Waals surface area contributed by atoms with Gasteiger partial charge < -0.3 is 33.8 Å². The lowest BCUT2D eigenvalue weighted by Crippen LogP contribution is -2.30. The highest BCUT2D eigenvalue weighted by Gasteiger charge is 2.30. The fraction of sp³-hybridized carbons (Fsp3) is 0.950. The number of hydrogen-bond acceptors (Lipinski definition) is 15. The largest absolute Gasteiger partial charge is 0.472 e. The van der Waals surface area contributed by atoms with Crippen LogP contribution in [0.2, 0.25) is 0 Å². The van der Waals surface area contributed by atoms with Gasteiger partial charge >= 0.3 is 39.5 Å². The molecule has 0 aromatic carbocycles. The maximum atomic E-state index is 13.1. The smallest absolute Gasteiger partial charge is 0.462 e. The molecule has 0 fully saturated rings. The molecule has 99 heavy (non-hydrogen) atoms. The highest BCUT2D eigenvalue weighted by Crippen LogP contribution is 2.45. The van der Waals surface area contributed by atoms with Gasteiger partial charge in [0, 0.05) is 25.7 Å². The Balaban J connectivity index is 5.16. The summed E-state index contributed by atoms with van der Waals surface area (Å²) in [5.41, 5.74) is 0. The Bertz CT molecular complexity index is 1910. The third-order valence-electron chi connectivity index (χ3n) is 19.1. The van der Waals surface area contributed by atoms with Crippen LogP contribution in [0.3, 0.4) is 0 Å². The first-order chi connectivity index (χ1) is 47.9. The van der Waals surface area contributed by atoms with Gasteiger partial charge in [0.25, 0.3) is 0 Å². The van der Waals surface area contributed by atoms with E-state index in [1.807, 2.05) is 0 Å². The normalized spacial score (nSPS) is 14.2. The van der Waals surface area contributed by atoms with Crippen LogP contribution in [0.4, 0.5) is 0 Å². The molecule has 0 saturated heterocycles. The summed E-state index contributed by atoms with van der Waals surface area (Å²) in [5, 5.41) is 10.6. The van der Waals surface area contributed by atoms with E-state index >= 15 is 0 Å². The second-order valence-corrected chi connectivity index (χ2v) is 32.4. The van der Waals surface area contributed by atoms with E-state index in [9.17, 15) is 43.2 Å². The van der Waals surface area contributed by atoms with Gasteiger partial charge in [0.05, 0.1) is 26.4 Å². The summed E-state index contributed by atoms with van der Waals surface area (Å²) >= 11 is 0. The zero-order chi connectivity index (χ0) is 72.8. The molecule has 0 aromatic rings. The first-order valence-corrected chi connectivity index (χ1v) is 44.5. The maximum absolute atomic E-state index is 13.1. The van der Waals surface area contributed by atoms with E-state index in [2.05, 4.69) is 41.5 Å².